The maximum atomic E-state index is 12.8. The van der Waals surface area contributed by atoms with Gasteiger partial charge in [-0.2, -0.15) is 5.10 Å². The van der Waals surface area contributed by atoms with Gasteiger partial charge in [0.1, 0.15) is 6.54 Å². The second-order valence-electron chi connectivity index (χ2n) is 8.35. The number of anilines is 1. The van der Waals surface area contributed by atoms with E-state index in [2.05, 4.69) is 16.1 Å². The van der Waals surface area contributed by atoms with E-state index in [1.54, 1.807) is 4.68 Å². The summed E-state index contributed by atoms with van der Waals surface area (Å²) in [5.41, 5.74) is 3.91. The van der Waals surface area contributed by atoms with Gasteiger partial charge in [-0.25, -0.2) is 0 Å². The molecule has 2 aromatic carbocycles. The Morgan fingerprint density at radius 3 is 2.34 bits per heavy atom. The number of amides is 1. The lowest BCUT2D eigenvalue weighted by molar-refractivity contribution is -0.132. The molecule has 1 saturated heterocycles. The van der Waals surface area contributed by atoms with Gasteiger partial charge in [0, 0.05) is 48.8 Å². The number of para-hydroxylation sites is 2. The number of benzene rings is 2. The highest BCUT2D eigenvalue weighted by molar-refractivity contribution is 5.89. The molecule has 0 spiro atoms. The Morgan fingerprint density at radius 2 is 1.66 bits per heavy atom. The van der Waals surface area contributed by atoms with Crippen LogP contribution in [0.15, 0.2) is 60.8 Å². The summed E-state index contributed by atoms with van der Waals surface area (Å²) >= 11 is 0. The van der Waals surface area contributed by atoms with E-state index >= 15 is 0 Å². The number of aromatic hydroxyl groups is 1. The molecule has 1 N–H and O–H groups in total. The van der Waals surface area contributed by atoms with Gasteiger partial charge in [-0.05, 0) is 38.1 Å². The molecule has 0 saturated carbocycles. The molecule has 1 aliphatic rings. The summed E-state index contributed by atoms with van der Waals surface area (Å²) < 4.78 is 3.62. The van der Waals surface area contributed by atoms with Crippen LogP contribution in [0.2, 0.25) is 0 Å². The maximum Gasteiger partial charge on any atom is 0.244 e. The minimum Gasteiger partial charge on any atom is -0.494 e. The Labute approximate surface area is 187 Å². The van der Waals surface area contributed by atoms with Crippen molar-refractivity contribution in [1.82, 2.24) is 19.2 Å². The third-order valence-corrected chi connectivity index (χ3v) is 6.20. The molecule has 4 aromatic rings. The van der Waals surface area contributed by atoms with Crippen molar-refractivity contribution in [2.45, 2.75) is 20.4 Å². The zero-order chi connectivity index (χ0) is 22.2. The number of hydrogen-bond acceptors (Lipinski definition) is 4. The van der Waals surface area contributed by atoms with Crippen LogP contribution >= 0.6 is 0 Å². The van der Waals surface area contributed by atoms with Gasteiger partial charge in [-0.1, -0.05) is 30.3 Å². The third-order valence-electron chi connectivity index (χ3n) is 6.20. The molecule has 2 aromatic heterocycles. The summed E-state index contributed by atoms with van der Waals surface area (Å²) in [6, 6.07) is 17.9. The van der Waals surface area contributed by atoms with Crippen molar-refractivity contribution in [3.8, 4) is 11.6 Å². The molecule has 5 rings (SSSR count). The molecule has 32 heavy (non-hydrogen) atoms. The van der Waals surface area contributed by atoms with E-state index in [1.165, 1.54) is 0 Å². The highest BCUT2D eigenvalue weighted by Crippen LogP contribution is 2.34. The number of nitrogens with zero attached hydrogens (tertiary/aromatic N) is 5. The van der Waals surface area contributed by atoms with Crippen molar-refractivity contribution >= 4 is 22.4 Å². The number of rotatable bonds is 4. The van der Waals surface area contributed by atoms with Crippen molar-refractivity contribution in [1.29, 1.82) is 0 Å². The van der Waals surface area contributed by atoms with E-state index in [-0.39, 0.29) is 18.3 Å². The Bertz CT molecular complexity index is 1280. The predicted molar refractivity (Wildman–Crippen MR) is 125 cm³/mol. The van der Waals surface area contributed by atoms with Gasteiger partial charge in [0.25, 0.3) is 0 Å². The van der Waals surface area contributed by atoms with Crippen molar-refractivity contribution in [3.05, 3.63) is 72.2 Å². The van der Waals surface area contributed by atoms with Crippen LogP contribution < -0.4 is 4.90 Å². The number of aryl methyl sites for hydroxylation is 2. The van der Waals surface area contributed by atoms with Gasteiger partial charge in [-0.3, -0.25) is 14.0 Å². The van der Waals surface area contributed by atoms with Crippen molar-refractivity contribution in [3.63, 3.8) is 0 Å². The molecule has 7 nitrogen and oxygen atoms in total. The average molecular weight is 430 g/mol. The fourth-order valence-electron chi connectivity index (χ4n) is 4.52. The second kappa shape index (κ2) is 8.07. The normalized spacial score (nSPS) is 14.3. The van der Waals surface area contributed by atoms with E-state index in [1.807, 2.05) is 78.0 Å². The highest BCUT2D eigenvalue weighted by Gasteiger charge is 2.24. The van der Waals surface area contributed by atoms with E-state index in [0.717, 1.165) is 46.6 Å². The number of fused-ring (bicyclic) bond motifs is 1. The predicted octanol–water partition coefficient (Wildman–Crippen LogP) is 3.50. The van der Waals surface area contributed by atoms with Crippen LogP contribution in [0.25, 0.3) is 16.5 Å². The topological polar surface area (TPSA) is 66.5 Å². The Kier molecular flexibility index (Phi) is 5.09. The molecule has 1 fully saturated rings. The van der Waals surface area contributed by atoms with E-state index in [4.69, 9.17) is 0 Å². The number of aromatic nitrogens is 3. The number of carbonyl (C=O) groups is 1. The Hall–Kier alpha value is -3.74. The monoisotopic (exact) mass is 429 g/mol. The summed E-state index contributed by atoms with van der Waals surface area (Å²) in [6.07, 6.45) is 1.97. The number of carbonyl (C=O) groups excluding carboxylic acids is 1. The van der Waals surface area contributed by atoms with Gasteiger partial charge in [0.2, 0.25) is 11.8 Å². The van der Waals surface area contributed by atoms with Crippen molar-refractivity contribution < 1.29 is 9.90 Å². The van der Waals surface area contributed by atoms with Crippen LogP contribution in [-0.4, -0.2) is 56.4 Å². The summed E-state index contributed by atoms with van der Waals surface area (Å²) in [5.74, 6) is 0.338. The molecule has 1 aliphatic heterocycles. The van der Waals surface area contributed by atoms with Crippen LogP contribution in [0.1, 0.15) is 11.4 Å². The minimum absolute atomic E-state index is 0.0958. The summed E-state index contributed by atoms with van der Waals surface area (Å²) in [7, 11) is 0. The Morgan fingerprint density at radius 1 is 0.969 bits per heavy atom. The zero-order valence-corrected chi connectivity index (χ0v) is 18.4. The average Bonchev–Trinajstić information content (AvgIpc) is 3.31. The lowest BCUT2D eigenvalue weighted by Gasteiger charge is -2.37. The molecule has 3 heterocycles. The van der Waals surface area contributed by atoms with Gasteiger partial charge in [0.05, 0.1) is 17.1 Å². The van der Waals surface area contributed by atoms with Crippen molar-refractivity contribution in [2.75, 3.05) is 31.1 Å². The van der Waals surface area contributed by atoms with E-state index in [9.17, 15) is 9.90 Å². The largest absolute Gasteiger partial charge is 0.494 e. The van der Waals surface area contributed by atoms with Crippen molar-refractivity contribution in [2.24, 2.45) is 0 Å². The molecule has 164 valence electrons. The van der Waals surface area contributed by atoms with Gasteiger partial charge in [-0.15, -0.1) is 0 Å². The molecule has 0 radical (unpaired) electrons. The molecular weight excluding hydrogens is 402 g/mol. The quantitative estimate of drug-likeness (QED) is 0.539. The second-order valence-corrected chi connectivity index (χ2v) is 8.35. The van der Waals surface area contributed by atoms with Crippen LogP contribution in [0.4, 0.5) is 5.69 Å². The molecule has 7 heteroatoms. The van der Waals surface area contributed by atoms with Crippen LogP contribution in [0, 0.1) is 13.8 Å². The van der Waals surface area contributed by atoms with Gasteiger partial charge < -0.3 is 14.9 Å². The van der Waals surface area contributed by atoms with Crippen LogP contribution in [0.5, 0.6) is 5.88 Å². The Balaban J connectivity index is 1.34. The van der Waals surface area contributed by atoms with Gasteiger partial charge in [0.15, 0.2) is 0 Å². The first kappa shape index (κ1) is 20.2. The molecule has 1 amide bonds. The third kappa shape index (κ3) is 3.60. The summed E-state index contributed by atoms with van der Waals surface area (Å²) in [4.78, 5) is 17.0. The maximum absolute atomic E-state index is 12.8. The fraction of sp³-hybridized carbons (Fsp3) is 0.280. The number of piperazine rings is 1. The summed E-state index contributed by atoms with van der Waals surface area (Å²) in [5, 5.41) is 17.1. The van der Waals surface area contributed by atoms with Crippen LogP contribution in [0.3, 0.4) is 0 Å². The number of hydrogen-bond donors (Lipinski definition) is 1. The summed E-state index contributed by atoms with van der Waals surface area (Å²) in [6.45, 7) is 6.99. The lowest BCUT2D eigenvalue weighted by Crippen LogP contribution is -2.50. The smallest absolute Gasteiger partial charge is 0.244 e. The van der Waals surface area contributed by atoms with E-state index < -0.39 is 0 Å². The molecule has 0 bridgehead atoms. The lowest BCUT2D eigenvalue weighted by atomic mass is 10.2. The first-order valence-corrected chi connectivity index (χ1v) is 10.9. The van der Waals surface area contributed by atoms with Crippen LogP contribution in [-0.2, 0) is 11.3 Å². The molecule has 0 unspecified atom stereocenters. The SMILES string of the molecule is Cc1cc(C)n(CC(=O)N2CCN(c3ccccc3-n3cc4ccccc4c3O)CC2)n1. The molecular formula is C25H27N5O2. The standard InChI is InChI=1S/C25H27N5O2/c1-18-15-19(2)30(26-18)17-24(31)28-13-11-27(12-14-28)22-9-5-6-10-23(22)29-16-20-7-3-4-8-21(20)25(29)32/h3-10,15-16,32H,11-14,17H2,1-2H3. The fourth-order valence-corrected chi connectivity index (χ4v) is 4.52. The van der Waals surface area contributed by atoms with E-state index in [0.29, 0.717) is 13.1 Å². The molecule has 0 aliphatic carbocycles. The van der Waals surface area contributed by atoms with Gasteiger partial charge >= 0.3 is 0 Å². The highest BCUT2D eigenvalue weighted by atomic mass is 16.3. The first-order chi connectivity index (χ1) is 15.5. The first-order valence-electron chi connectivity index (χ1n) is 10.9. The minimum atomic E-state index is 0.0958. The zero-order valence-electron chi connectivity index (χ0n) is 18.4. The molecule has 0 atom stereocenters.